The summed E-state index contributed by atoms with van der Waals surface area (Å²) in [5, 5.41) is 19.2. The van der Waals surface area contributed by atoms with E-state index in [1.54, 1.807) is 12.3 Å². The number of hydrogen-bond acceptors (Lipinski definition) is 6. The van der Waals surface area contributed by atoms with Crippen LogP contribution in [0, 0.1) is 0 Å². The molecule has 7 nitrogen and oxygen atoms in total. The monoisotopic (exact) mass is 361 g/mol. The Balaban J connectivity index is 2.20. The van der Waals surface area contributed by atoms with E-state index in [1.807, 2.05) is 12.1 Å². The molecule has 4 N–H and O–H groups in total. The Bertz CT molecular complexity index is 952. The summed E-state index contributed by atoms with van der Waals surface area (Å²) in [4.78, 5) is 13.0. The summed E-state index contributed by atoms with van der Waals surface area (Å²) >= 11 is 5.89. The molecule has 0 spiro atoms. The number of hydrogen-bond donors (Lipinski definition) is 3. The predicted octanol–water partition coefficient (Wildman–Crippen LogP) is 3.04. The summed E-state index contributed by atoms with van der Waals surface area (Å²) in [5.41, 5.74) is 7.30. The maximum atomic E-state index is 13.0. The molecule has 0 saturated carbocycles. The normalized spacial score (nSPS) is 10.9. The van der Waals surface area contributed by atoms with Gasteiger partial charge in [-0.05, 0) is 29.8 Å². The average Bonchev–Trinajstić information content (AvgIpc) is 3.00. The third kappa shape index (κ3) is 2.94. The van der Waals surface area contributed by atoms with Gasteiger partial charge in [0.1, 0.15) is 11.4 Å². The lowest BCUT2D eigenvalue weighted by Crippen LogP contribution is -2.15. The smallest absolute Gasteiger partial charge is 0.262 e. The highest BCUT2D eigenvalue weighted by Crippen LogP contribution is 2.31. The fourth-order valence-electron chi connectivity index (χ4n) is 2.75. The van der Waals surface area contributed by atoms with E-state index in [4.69, 9.17) is 22.1 Å². The molecule has 3 rings (SSSR count). The van der Waals surface area contributed by atoms with Crippen LogP contribution in [-0.4, -0.2) is 28.0 Å². The SMILES string of the molecule is COc1cccc2c(CN)cn(C(=O)c3ccc(Cl)c(N(O)O)c3)c12. The fourth-order valence-corrected chi connectivity index (χ4v) is 2.94. The highest BCUT2D eigenvalue weighted by atomic mass is 35.5. The highest BCUT2D eigenvalue weighted by Gasteiger charge is 2.19. The number of nitrogens with zero attached hydrogens (tertiary/aromatic N) is 2. The van der Waals surface area contributed by atoms with Crippen molar-refractivity contribution in [1.82, 2.24) is 4.57 Å². The Kier molecular flexibility index (Phi) is 4.65. The summed E-state index contributed by atoms with van der Waals surface area (Å²) in [6.45, 7) is 0.261. The van der Waals surface area contributed by atoms with E-state index < -0.39 is 0 Å². The number of rotatable bonds is 4. The quantitative estimate of drug-likeness (QED) is 0.617. The van der Waals surface area contributed by atoms with Crippen molar-refractivity contribution in [3.8, 4) is 5.75 Å². The molecule has 1 heterocycles. The third-order valence-corrected chi connectivity index (χ3v) is 4.26. The summed E-state index contributed by atoms with van der Waals surface area (Å²) in [5.74, 6) is 0.152. The van der Waals surface area contributed by atoms with Gasteiger partial charge in [0.05, 0.1) is 17.6 Å². The number of carbonyl (C=O) groups is 1. The molecule has 130 valence electrons. The number of para-hydroxylation sites is 1. The van der Waals surface area contributed by atoms with Crippen LogP contribution in [0.1, 0.15) is 15.9 Å². The van der Waals surface area contributed by atoms with Crippen molar-refractivity contribution in [3.63, 3.8) is 0 Å². The van der Waals surface area contributed by atoms with Gasteiger partial charge in [-0.15, -0.1) is 5.23 Å². The van der Waals surface area contributed by atoms with E-state index >= 15 is 0 Å². The molecule has 8 heteroatoms. The van der Waals surface area contributed by atoms with Gasteiger partial charge in [0.15, 0.2) is 0 Å². The largest absolute Gasteiger partial charge is 0.495 e. The molecule has 0 aliphatic rings. The van der Waals surface area contributed by atoms with Crippen LogP contribution in [0.3, 0.4) is 0 Å². The molecule has 0 amide bonds. The van der Waals surface area contributed by atoms with E-state index in [0.717, 1.165) is 10.9 Å². The fraction of sp³-hybridized carbons (Fsp3) is 0.118. The predicted molar refractivity (Wildman–Crippen MR) is 93.6 cm³/mol. The second-order valence-electron chi connectivity index (χ2n) is 5.35. The Labute approximate surface area is 148 Å². The summed E-state index contributed by atoms with van der Waals surface area (Å²) in [6, 6.07) is 9.64. The molecular weight excluding hydrogens is 346 g/mol. The lowest BCUT2D eigenvalue weighted by Gasteiger charge is -2.12. The van der Waals surface area contributed by atoms with Gasteiger partial charge in [-0.3, -0.25) is 19.8 Å². The van der Waals surface area contributed by atoms with Crippen LogP contribution in [-0.2, 0) is 6.54 Å². The minimum atomic E-state index is -0.381. The number of anilines is 1. The minimum absolute atomic E-state index is 0.0964. The zero-order chi connectivity index (χ0) is 18.1. The van der Waals surface area contributed by atoms with Gasteiger partial charge in [0, 0.05) is 23.7 Å². The number of ether oxygens (including phenoxy) is 1. The second kappa shape index (κ2) is 6.73. The van der Waals surface area contributed by atoms with Gasteiger partial charge in [0.25, 0.3) is 5.91 Å². The van der Waals surface area contributed by atoms with Crippen LogP contribution in [0.2, 0.25) is 5.02 Å². The topological polar surface area (TPSA) is 101 Å². The number of carbonyl (C=O) groups excluding carboxylic acids is 1. The molecule has 0 aliphatic heterocycles. The molecule has 25 heavy (non-hydrogen) atoms. The first-order valence-electron chi connectivity index (χ1n) is 7.37. The first-order chi connectivity index (χ1) is 12.0. The molecule has 0 atom stereocenters. The van der Waals surface area contributed by atoms with E-state index in [-0.39, 0.29) is 34.0 Å². The number of halogens is 1. The van der Waals surface area contributed by atoms with Crippen LogP contribution < -0.4 is 15.7 Å². The van der Waals surface area contributed by atoms with Crippen molar-refractivity contribution >= 4 is 34.1 Å². The molecule has 0 aliphatic carbocycles. The first kappa shape index (κ1) is 17.2. The van der Waals surface area contributed by atoms with Crippen molar-refractivity contribution in [2.75, 3.05) is 12.3 Å². The van der Waals surface area contributed by atoms with E-state index in [9.17, 15) is 15.2 Å². The maximum Gasteiger partial charge on any atom is 0.262 e. The first-order valence-corrected chi connectivity index (χ1v) is 7.74. The second-order valence-corrected chi connectivity index (χ2v) is 5.75. The number of aromatic nitrogens is 1. The number of benzene rings is 2. The molecular formula is C17H16ClN3O4. The Hall–Kier alpha value is -2.58. The van der Waals surface area contributed by atoms with Crippen LogP contribution >= 0.6 is 11.6 Å². The highest BCUT2D eigenvalue weighted by molar-refractivity contribution is 6.33. The third-order valence-electron chi connectivity index (χ3n) is 3.94. The molecule has 0 radical (unpaired) electrons. The van der Waals surface area contributed by atoms with Crippen molar-refractivity contribution in [1.29, 1.82) is 0 Å². The Morgan fingerprint density at radius 3 is 2.72 bits per heavy atom. The summed E-state index contributed by atoms with van der Waals surface area (Å²) < 4.78 is 6.80. The van der Waals surface area contributed by atoms with Crippen LogP contribution in [0.15, 0.2) is 42.6 Å². The van der Waals surface area contributed by atoms with Gasteiger partial charge in [-0.25, -0.2) is 0 Å². The van der Waals surface area contributed by atoms with Crippen LogP contribution in [0.4, 0.5) is 5.69 Å². The number of nitrogens with two attached hydrogens (primary N) is 1. The Morgan fingerprint density at radius 1 is 1.32 bits per heavy atom. The van der Waals surface area contributed by atoms with Crippen LogP contribution in [0.25, 0.3) is 10.9 Å². The lowest BCUT2D eigenvalue weighted by molar-refractivity contribution is 0.0292. The van der Waals surface area contributed by atoms with Gasteiger partial charge in [-0.1, -0.05) is 23.7 Å². The molecule has 1 aromatic heterocycles. The van der Waals surface area contributed by atoms with Crippen molar-refractivity contribution < 1.29 is 19.9 Å². The van der Waals surface area contributed by atoms with Gasteiger partial charge >= 0.3 is 0 Å². The summed E-state index contributed by atoms with van der Waals surface area (Å²) in [7, 11) is 1.52. The molecule has 3 aromatic rings. The van der Waals surface area contributed by atoms with Crippen LogP contribution in [0.5, 0.6) is 5.75 Å². The molecule has 0 fully saturated rings. The van der Waals surface area contributed by atoms with E-state index in [2.05, 4.69) is 0 Å². The van der Waals surface area contributed by atoms with Gasteiger partial charge in [0.2, 0.25) is 0 Å². The van der Waals surface area contributed by atoms with Crippen molar-refractivity contribution in [2.45, 2.75) is 6.54 Å². The summed E-state index contributed by atoms with van der Waals surface area (Å²) in [6.07, 6.45) is 1.65. The van der Waals surface area contributed by atoms with Gasteiger partial charge in [-0.2, -0.15) is 0 Å². The number of fused-ring (bicyclic) bond motifs is 1. The zero-order valence-electron chi connectivity index (χ0n) is 13.3. The lowest BCUT2D eigenvalue weighted by atomic mass is 10.1. The van der Waals surface area contributed by atoms with Crippen molar-refractivity contribution in [3.05, 3.63) is 58.7 Å². The molecule has 0 unspecified atom stereocenters. The molecule has 2 aromatic carbocycles. The standard InChI is InChI=1S/C17H16ClN3O4/c1-25-15-4-2-3-12-11(8-19)9-20(16(12)15)17(22)10-5-6-13(18)14(7-10)21(23)24/h2-7,9,23-24H,8,19H2,1H3. The van der Waals surface area contributed by atoms with E-state index in [1.165, 1.54) is 29.9 Å². The maximum absolute atomic E-state index is 13.0. The van der Waals surface area contributed by atoms with Crippen molar-refractivity contribution in [2.24, 2.45) is 5.73 Å². The molecule has 0 bridgehead atoms. The zero-order valence-corrected chi connectivity index (χ0v) is 14.1. The average molecular weight is 362 g/mol. The number of methoxy groups -OCH3 is 1. The Morgan fingerprint density at radius 2 is 2.08 bits per heavy atom. The molecule has 0 saturated heterocycles. The van der Waals surface area contributed by atoms with E-state index in [0.29, 0.717) is 11.3 Å². The van der Waals surface area contributed by atoms with Gasteiger partial charge < -0.3 is 10.5 Å². The minimum Gasteiger partial charge on any atom is -0.495 e.